The van der Waals surface area contributed by atoms with Crippen molar-refractivity contribution in [3.05, 3.63) is 48.0 Å². The van der Waals surface area contributed by atoms with Crippen LogP contribution in [0.4, 0.5) is 4.39 Å². The molecule has 0 aliphatic rings. The third-order valence-electron chi connectivity index (χ3n) is 2.60. The normalized spacial score (nSPS) is 14.8. The van der Waals surface area contributed by atoms with Crippen molar-refractivity contribution in [1.29, 1.82) is 0 Å². The van der Waals surface area contributed by atoms with Gasteiger partial charge in [-0.15, -0.1) is 6.58 Å². The first-order chi connectivity index (χ1) is 6.60. The highest BCUT2D eigenvalue weighted by Crippen LogP contribution is 2.28. The lowest BCUT2D eigenvalue weighted by atomic mass is 9.94. The highest BCUT2D eigenvalue weighted by Gasteiger charge is 2.22. The minimum Gasteiger partial charge on any atom is -0.239 e. The average molecular weight is 192 g/mol. The number of alkyl halides is 1. The quantitative estimate of drug-likeness (QED) is 0.632. The van der Waals surface area contributed by atoms with Crippen molar-refractivity contribution in [1.82, 2.24) is 0 Å². The van der Waals surface area contributed by atoms with Gasteiger partial charge in [-0.05, 0) is 30.9 Å². The minimum atomic E-state index is -1.20. The Morgan fingerprint density at radius 2 is 1.93 bits per heavy atom. The molecule has 1 aromatic rings. The Bertz CT molecular complexity index is 296. The van der Waals surface area contributed by atoms with Crippen molar-refractivity contribution in [3.8, 4) is 0 Å². The molecule has 0 nitrogen and oxygen atoms in total. The van der Waals surface area contributed by atoms with Crippen LogP contribution >= 0.6 is 0 Å². The maximum Gasteiger partial charge on any atom is 0.133 e. The Morgan fingerprint density at radius 3 is 2.36 bits per heavy atom. The first-order valence-corrected chi connectivity index (χ1v) is 4.99. The second kappa shape index (κ2) is 4.41. The first kappa shape index (κ1) is 11.0. The molecule has 0 fully saturated rings. The van der Waals surface area contributed by atoms with Crippen LogP contribution < -0.4 is 0 Å². The van der Waals surface area contributed by atoms with Crippen molar-refractivity contribution in [2.24, 2.45) is 0 Å². The number of benzene rings is 1. The van der Waals surface area contributed by atoms with Crippen molar-refractivity contribution in [2.45, 2.75) is 32.4 Å². The number of hydrogen-bond acceptors (Lipinski definition) is 0. The predicted octanol–water partition coefficient (Wildman–Crippen LogP) is 4.01. The Labute approximate surface area is 85.5 Å². The van der Waals surface area contributed by atoms with E-state index in [1.54, 1.807) is 6.92 Å². The van der Waals surface area contributed by atoms with Gasteiger partial charge >= 0.3 is 0 Å². The van der Waals surface area contributed by atoms with Gasteiger partial charge in [-0.3, -0.25) is 0 Å². The Hall–Kier alpha value is -1.11. The molecular formula is C13H17F. The smallest absolute Gasteiger partial charge is 0.133 e. The largest absolute Gasteiger partial charge is 0.239 e. The van der Waals surface area contributed by atoms with Crippen molar-refractivity contribution in [3.63, 3.8) is 0 Å². The highest BCUT2D eigenvalue weighted by atomic mass is 19.1. The molecule has 0 heterocycles. The number of halogens is 1. The van der Waals surface area contributed by atoms with E-state index < -0.39 is 5.67 Å². The molecule has 1 rings (SSSR count). The lowest BCUT2D eigenvalue weighted by Crippen LogP contribution is -2.13. The summed E-state index contributed by atoms with van der Waals surface area (Å²) in [5, 5.41) is 0. The molecule has 0 radical (unpaired) electrons. The predicted molar refractivity (Wildman–Crippen MR) is 59.1 cm³/mol. The Balaban J connectivity index is 2.87. The van der Waals surface area contributed by atoms with Gasteiger partial charge in [-0.25, -0.2) is 4.39 Å². The number of allylic oxidation sites excluding steroid dienone is 1. The van der Waals surface area contributed by atoms with Crippen LogP contribution in [0.15, 0.2) is 36.9 Å². The zero-order valence-electron chi connectivity index (χ0n) is 8.89. The van der Waals surface area contributed by atoms with Gasteiger partial charge in [0.1, 0.15) is 5.67 Å². The van der Waals surface area contributed by atoms with Crippen molar-refractivity contribution < 1.29 is 4.39 Å². The summed E-state index contributed by atoms with van der Waals surface area (Å²) in [4.78, 5) is 0. The summed E-state index contributed by atoms with van der Waals surface area (Å²) < 4.78 is 13.8. The molecular weight excluding hydrogens is 175 g/mol. The molecule has 1 heteroatoms. The van der Waals surface area contributed by atoms with E-state index in [0.29, 0.717) is 6.42 Å². The average Bonchev–Trinajstić information content (AvgIpc) is 2.19. The fraction of sp³-hybridized carbons (Fsp3) is 0.385. The van der Waals surface area contributed by atoms with E-state index in [1.165, 1.54) is 5.56 Å². The molecule has 0 aliphatic carbocycles. The topological polar surface area (TPSA) is 0 Å². The molecule has 0 saturated heterocycles. The van der Waals surface area contributed by atoms with E-state index in [9.17, 15) is 4.39 Å². The summed E-state index contributed by atoms with van der Waals surface area (Å²) in [6, 6.07) is 7.65. The maximum atomic E-state index is 13.8. The lowest BCUT2D eigenvalue weighted by molar-refractivity contribution is 0.185. The summed E-state index contributed by atoms with van der Waals surface area (Å²) in [6.45, 7) is 7.15. The van der Waals surface area contributed by atoms with Crippen LogP contribution in [0.2, 0.25) is 0 Å². The van der Waals surface area contributed by atoms with Crippen LogP contribution in [0, 0.1) is 0 Å². The van der Waals surface area contributed by atoms with Gasteiger partial charge in [0.25, 0.3) is 0 Å². The second-order valence-corrected chi connectivity index (χ2v) is 3.74. The third-order valence-corrected chi connectivity index (χ3v) is 2.60. The van der Waals surface area contributed by atoms with Gasteiger partial charge in [-0.1, -0.05) is 37.3 Å². The number of hydrogen-bond donors (Lipinski definition) is 0. The van der Waals surface area contributed by atoms with Crippen molar-refractivity contribution >= 4 is 0 Å². The van der Waals surface area contributed by atoms with Crippen LogP contribution in [0.5, 0.6) is 0 Å². The maximum absolute atomic E-state index is 13.8. The Morgan fingerprint density at radius 1 is 1.36 bits per heavy atom. The van der Waals surface area contributed by atoms with Crippen LogP contribution in [-0.4, -0.2) is 0 Å². The molecule has 1 atom stereocenters. The Kier molecular flexibility index (Phi) is 3.45. The van der Waals surface area contributed by atoms with E-state index in [4.69, 9.17) is 0 Å². The molecule has 0 saturated carbocycles. The molecule has 0 bridgehead atoms. The van der Waals surface area contributed by atoms with E-state index in [0.717, 1.165) is 12.0 Å². The van der Waals surface area contributed by atoms with Crippen LogP contribution in [0.25, 0.3) is 0 Å². The molecule has 1 aromatic carbocycles. The van der Waals surface area contributed by atoms with E-state index in [1.807, 2.05) is 37.3 Å². The second-order valence-electron chi connectivity index (χ2n) is 3.74. The lowest BCUT2D eigenvalue weighted by Gasteiger charge is -2.18. The van der Waals surface area contributed by atoms with Crippen LogP contribution in [0.1, 0.15) is 31.4 Å². The fourth-order valence-corrected chi connectivity index (χ4v) is 1.36. The van der Waals surface area contributed by atoms with Crippen LogP contribution in [-0.2, 0) is 12.1 Å². The highest BCUT2D eigenvalue weighted by molar-refractivity contribution is 5.27. The van der Waals surface area contributed by atoms with E-state index >= 15 is 0 Å². The fourth-order valence-electron chi connectivity index (χ4n) is 1.36. The monoisotopic (exact) mass is 192 g/mol. The standard InChI is InChI=1S/C13H17F/c1-4-6-11-7-9-12(10-8-11)13(3,14)5-2/h4,7-10H,1,5-6H2,2-3H3. The summed E-state index contributed by atoms with van der Waals surface area (Å²) in [5.41, 5.74) is 0.732. The van der Waals surface area contributed by atoms with Gasteiger partial charge in [0.15, 0.2) is 0 Å². The van der Waals surface area contributed by atoms with Crippen LogP contribution in [0.3, 0.4) is 0 Å². The van der Waals surface area contributed by atoms with E-state index in [-0.39, 0.29) is 0 Å². The van der Waals surface area contributed by atoms with Gasteiger partial charge in [-0.2, -0.15) is 0 Å². The van der Waals surface area contributed by atoms with Gasteiger partial charge in [0.2, 0.25) is 0 Å². The molecule has 0 amide bonds. The minimum absolute atomic E-state index is 0.508. The molecule has 0 spiro atoms. The molecule has 76 valence electrons. The third kappa shape index (κ3) is 2.44. The van der Waals surface area contributed by atoms with Crippen molar-refractivity contribution in [2.75, 3.05) is 0 Å². The molecule has 0 aliphatic heterocycles. The molecule has 0 aromatic heterocycles. The zero-order valence-corrected chi connectivity index (χ0v) is 8.89. The zero-order chi connectivity index (χ0) is 10.6. The first-order valence-electron chi connectivity index (χ1n) is 4.99. The summed E-state index contributed by atoms with van der Waals surface area (Å²) in [7, 11) is 0. The van der Waals surface area contributed by atoms with Gasteiger partial charge < -0.3 is 0 Å². The summed E-state index contributed by atoms with van der Waals surface area (Å²) in [5.74, 6) is 0. The summed E-state index contributed by atoms with van der Waals surface area (Å²) >= 11 is 0. The molecule has 0 N–H and O–H groups in total. The summed E-state index contributed by atoms with van der Waals surface area (Å²) in [6.07, 6.45) is 3.20. The van der Waals surface area contributed by atoms with Gasteiger partial charge in [0.05, 0.1) is 0 Å². The van der Waals surface area contributed by atoms with E-state index in [2.05, 4.69) is 6.58 Å². The molecule has 1 unspecified atom stereocenters. The van der Waals surface area contributed by atoms with Gasteiger partial charge in [0, 0.05) is 0 Å². The number of rotatable bonds is 4. The molecule has 14 heavy (non-hydrogen) atoms. The SMILES string of the molecule is C=CCc1ccc(C(C)(F)CC)cc1.